The van der Waals surface area contributed by atoms with Crippen molar-refractivity contribution in [2.45, 2.75) is 37.9 Å². The first-order valence-electron chi connectivity index (χ1n) is 8.55. The summed E-state index contributed by atoms with van der Waals surface area (Å²) < 4.78 is 1.21. The number of carbonyl (C=O) groups excluding carboxylic acids is 2. The van der Waals surface area contributed by atoms with Crippen LogP contribution in [0, 0.1) is 0 Å². The zero-order valence-corrected chi connectivity index (χ0v) is 16.0. The van der Waals surface area contributed by atoms with Gasteiger partial charge in [0.2, 0.25) is 11.8 Å². The van der Waals surface area contributed by atoms with E-state index in [0.717, 1.165) is 23.0 Å². The van der Waals surface area contributed by atoms with E-state index in [1.165, 1.54) is 6.20 Å². The Morgan fingerprint density at radius 1 is 1.22 bits per heavy atom. The fourth-order valence-corrected chi connectivity index (χ4v) is 2.93. The van der Waals surface area contributed by atoms with Gasteiger partial charge in [-0.2, -0.15) is 0 Å². The largest absolute Gasteiger partial charge is 0.352 e. The van der Waals surface area contributed by atoms with E-state index in [9.17, 15) is 19.2 Å². The van der Waals surface area contributed by atoms with Crippen LogP contribution in [0.5, 0.6) is 0 Å². The molecule has 0 radical (unpaired) electrons. The van der Waals surface area contributed by atoms with Crippen molar-refractivity contribution in [2.24, 2.45) is 0 Å². The maximum Gasteiger partial charge on any atom is 0.328 e. The maximum absolute atomic E-state index is 12.5. The molecule has 1 unspecified atom stereocenters. The summed E-state index contributed by atoms with van der Waals surface area (Å²) in [7, 11) is 0. The highest BCUT2D eigenvalue weighted by Gasteiger charge is 2.28. The summed E-state index contributed by atoms with van der Waals surface area (Å²) in [6.45, 7) is -0.309. The smallest absolute Gasteiger partial charge is 0.328 e. The minimum absolute atomic E-state index is 0.141. The van der Waals surface area contributed by atoms with Crippen LogP contribution in [0.2, 0.25) is 0 Å². The molecule has 27 heavy (non-hydrogen) atoms. The van der Waals surface area contributed by atoms with Crippen molar-refractivity contribution in [1.29, 1.82) is 0 Å². The van der Waals surface area contributed by atoms with Gasteiger partial charge in [0.1, 0.15) is 12.6 Å². The molecule has 2 aromatic rings. The van der Waals surface area contributed by atoms with Gasteiger partial charge in [-0.05, 0) is 34.3 Å². The molecule has 142 valence electrons. The van der Waals surface area contributed by atoms with Gasteiger partial charge in [-0.3, -0.25) is 23.9 Å². The number of benzene rings is 1. The number of rotatable bonds is 7. The summed E-state index contributed by atoms with van der Waals surface area (Å²) in [5.41, 5.74) is -0.347. The molecule has 3 N–H and O–H groups in total. The summed E-state index contributed by atoms with van der Waals surface area (Å²) in [6.07, 6.45) is 3.48. The Labute approximate surface area is 163 Å². The van der Waals surface area contributed by atoms with E-state index >= 15 is 0 Å². The number of carbonyl (C=O) groups is 2. The Kier molecular flexibility index (Phi) is 5.90. The molecule has 8 nitrogen and oxygen atoms in total. The molecule has 1 aromatic heterocycles. The summed E-state index contributed by atoms with van der Waals surface area (Å²) in [6, 6.07) is 8.80. The van der Waals surface area contributed by atoms with Crippen LogP contribution in [0.1, 0.15) is 18.4 Å². The van der Waals surface area contributed by atoms with Crippen LogP contribution >= 0.6 is 15.9 Å². The Morgan fingerprint density at radius 3 is 2.59 bits per heavy atom. The molecule has 0 spiro atoms. The van der Waals surface area contributed by atoms with Gasteiger partial charge in [-0.15, -0.1) is 0 Å². The molecular weight excluding hydrogens is 416 g/mol. The standard InChI is InChI=1S/C18H19BrN4O4/c19-13-9-23(18(27)22-16(13)25)10-15(24)21-14(17(26)20-12-6-7-12)8-11-4-2-1-3-5-11/h1-5,9,12,14H,6-8,10H2,(H,20,26)(H,21,24)(H,22,25,27). The molecule has 1 aromatic carbocycles. The van der Waals surface area contributed by atoms with E-state index in [0.29, 0.717) is 6.42 Å². The van der Waals surface area contributed by atoms with E-state index in [1.54, 1.807) is 0 Å². The van der Waals surface area contributed by atoms with Gasteiger partial charge in [-0.25, -0.2) is 4.79 Å². The quantitative estimate of drug-likeness (QED) is 0.581. The van der Waals surface area contributed by atoms with Crippen molar-refractivity contribution in [3.8, 4) is 0 Å². The lowest BCUT2D eigenvalue weighted by atomic mass is 10.1. The second-order valence-corrected chi connectivity index (χ2v) is 7.31. The van der Waals surface area contributed by atoms with Crippen molar-refractivity contribution in [3.63, 3.8) is 0 Å². The van der Waals surface area contributed by atoms with Crippen LogP contribution < -0.4 is 21.9 Å². The monoisotopic (exact) mass is 434 g/mol. The fraction of sp³-hybridized carbons (Fsp3) is 0.333. The Bertz CT molecular complexity index is 950. The number of aromatic amines is 1. The summed E-state index contributed by atoms with van der Waals surface area (Å²) >= 11 is 3.02. The summed E-state index contributed by atoms with van der Waals surface area (Å²) in [5.74, 6) is -0.743. The normalized spacial score (nSPS) is 14.4. The van der Waals surface area contributed by atoms with Gasteiger partial charge in [0.25, 0.3) is 5.56 Å². The van der Waals surface area contributed by atoms with E-state index in [1.807, 2.05) is 30.3 Å². The van der Waals surface area contributed by atoms with E-state index < -0.39 is 23.2 Å². The zero-order chi connectivity index (χ0) is 19.4. The molecule has 1 heterocycles. The van der Waals surface area contributed by atoms with Gasteiger partial charge < -0.3 is 10.6 Å². The average molecular weight is 435 g/mol. The number of halogens is 1. The number of aromatic nitrogens is 2. The third-order valence-electron chi connectivity index (χ3n) is 4.14. The third kappa shape index (κ3) is 5.40. The van der Waals surface area contributed by atoms with Crippen molar-refractivity contribution < 1.29 is 9.59 Å². The Balaban J connectivity index is 1.71. The van der Waals surface area contributed by atoms with Crippen LogP contribution in [0.3, 0.4) is 0 Å². The predicted octanol–water partition coefficient (Wildman–Crippen LogP) is 0.305. The fourth-order valence-electron chi connectivity index (χ4n) is 2.58. The molecule has 2 amide bonds. The van der Waals surface area contributed by atoms with E-state index in [4.69, 9.17) is 0 Å². The van der Waals surface area contributed by atoms with Gasteiger partial charge >= 0.3 is 5.69 Å². The Morgan fingerprint density at radius 2 is 1.93 bits per heavy atom. The second kappa shape index (κ2) is 8.34. The number of hydrogen-bond donors (Lipinski definition) is 3. The van der Waals surface area contributed by atoms with Gasteiger partial charge in [-0.1, -0.05) is 30.3 Å². The molecule has 9 heteroatoms. The highest BCUT2D eigenvalue weighted by atomic mass is 79.9. The van der Waals surface area contributed by atoms with Crippen LogP contribution in [0.15, 0.2) is 50.6 Å². The lowest BCUT2D eigenvalue weighted by Gasteiger charge is -2.19. The molecule has 1 aliphatic carbocycles. The van der Waals surface area contributed by atoms with Gasteiger partial charge in [0, 0.05) is 18.7 Å². The van der Waals surface area contributed by atoms with E-state index in [-0.39, 0.29) is 23.0 Å². The topological polar surface area (TPSA) is 113 Å². The minimum atomic E-state index is -0.748. The second-order valence-electron chi connectivity index (χ2n) is 6.46. The van der Waals surface area contributed by atoms with Crippen molar-refractivity contribution in [3.05, 3.63) is 67.4 Å². The van der Waals surface area contributed by atoms with E-state index in [2.05, 4.69) is 31.5 Å². The molecule has 1 saturated carbocycles. The lowest BCUT2D eigenvalue weighted by Crippen LogP contribution is -2.50. The highest BCUT2D eigenvalue weighted by molar-refractivity contribution is 9.10. The minimum Gasteiger partial charge on any atom is -0.352 e. The van der Waals surface area contributed by atoms with Crippen LogP contribution in [-0.4, -0.2) is 33.4 Å². The lowest BCUT2D eigenvalue weighted by molar-refractivity contribution is -0.129. The van der Waals surface area contributed by atoms with Crippen molar-refractivity contribution in [2.75, 3.05) is 0 Å². The third-order valence-corrected chi connectivity index (χ3v) is 4.70. The molecule has 0 bridgehead atoms. The highest BCUT2D eigenvalue weighted by Crippen LogP contribution is 2.19. The molecule has 1 atom stereocenters. The molecule has 1 aliphatic rings. The molecule has 1 fully saturated rings. The van der Waals surface area contributed by atoms with Gasteiger partial charge in [0.05, 0.1) is 4.47 Å². The number of nitrogens with zero attached hydrogens (tertiary/aromatic N) is 1. The van der Waals surface area contributed by atoms with Crippen LogP contribution in [0.25, 0.3) is 0 Å². The van der Waals surface area contributed by atoms with Crippen molar-refractivity contribution in [1.82, 2.24) is 20.2 Å². The number of nitrogens with one attached hydrogen (secondary N) is 3. The Hall–Kier alpha value is -2.68. The number of H-pyrrole nitrogens is 1. The van der Waals surface area contributed by atoms with Crippen LogP contribution in [0.4, 0.5) is 0 Å². The molecule has 3 rings (SSSR count). The number of hydrogen-bond acceptors (Lipinski definition) is 4. The average Bonchev–Trinajstić information content (AvgIpc) is 3.44. The maximum atomic E-state index is 12.5. The molecular formula is C18H19BrN4O4. The summed E-state index contributed by atoms with van der Waals surface area (Å²) in [4.78, 5) is 50.2. The summed E-state index contributed by atoms with van der Waals surface area (Å²) in [5, 5.41) is 5.58. The first-order chi connectivity index (χ1) is 12.9. The van der Waals surface area contributed by atoms with Gasteiger partial charge in [0.15, 0.2) is 0 Å². The predicted molar refractivity (Wildman–Crippen MR) is 102 cm³/mol. The van der Waals surface area contributed by atoms with Crippen LogP contribution in [-0.2, 0) is 22.6 Å². The molecule has 0 saturated heterocycles. The first kappa shape index (κ1) is 19.1. The number of amides is 2. The zero-order valence-electron chi connectivity index (χ0n) is 14.4. The van der Waals surface area contributed by atoms with Crippen molar-refractivity contribution >= 4 is 27.7 Å². The SMILES string of the molecule is O=C(Cn1cc(Br)c(=O)[nH]c1=O)NC(Cc1ccccc1)C(=O)NC1CC1. The molecule has 0 aliphatic heterocycles. The first-order valence-corrected chi connectivity index (χ1v) is 9.34.